The summed E-state index contributed by atoms with van der Waals surface area (Å²) in [5.74, 6) is -0.947. The second-order valence-corrected chi connectivity index (χ2v) is 3.73. The Morgan fingerprint density at radius 3 is 2.75 bits per heavy atom. The van der Waals surface area contributed by atoms with E-state index < -0.39 is 23.7 Å². The Morgan fingerprint density at radius 1 is 1.69 bits per heavy atom. The molecule has 0 radical (unpaired) electrons. The maximum Gasteiger partial charge on any atom is 0.357 e. The average molecular weight is 338 g/mol. The Bertz CT molecular complexity index is 471. The molecule has 1 aromatic rings. The number of pyridine rings is 1. The molecule has 0 aromatic carbocycles. The Hall–Kier alpha value is -1.30. The number of hydrogen-bond acceptors (Lipinski definition) is 4. The Balaban J connectivity index is 3.48. The molecule has 0 bridgehead atoms. The van der Waals surface area contributed by atoms with E-state index in [0.717, 1.165) is 13.3 Å². The van der Waals surface area contributed by atoms with Crippen molar-refractivity contribution in [3.05, 3.63) is 26.6 Å². The minimum absolute atomic E-state index is 0.00329. The Labute approximate surface area is 103 Å². The van der Waals surface area contributed by atoms with Crippen LogP contribution in [0.25, 0.3) is 0 Å². The van der Waals surface area contributed by atoms with Crippen molar-refractivity contribution in [3.63, 3.8) is 0 Å². The largest absolute Gasteiger partial charge is 0.464 e. The molecular formula is C9H5F2IN2O2. The molecule has 4 nitrogen and oxygen atoms in total. The SMILES string of the molecule is COC(=O)c1ncc(C#N)c(I)c1C(F)F. The van der Waals surface area contributed by atoms with Crippen LogP contribution in [0.5, 0.6) is 0 Å². The Kier molecular flexibility index (Phi) is 4.12. The molecule has 0 atom stereocenters. The van der Waals surface area contributed by atoms with Crippen molar-refractivity contribution in [3.8, 4) is 6.07 Å². The van der Waals surface area contributed by atoms with Crippen LogP contribution in [0.4, 0.5) is 8.78 Å². The van der Waals surface area contributed by atoms with Crippen LogP contribution in [0.2, 0.25) is 0 Å². The number of rotatable bonds is 2. The van der Waals surface area contributed by atoms with Gasteiger partial charge in [-0.15, -0.1) is 0 Å². The lowest BCUT2D eigenvalue weighted by molar-refractivity contribution is 0.0581. The van der Waals surface area contributed by atoms with Gasteiger partial charge in [-0.2, -0.15) is 5.26 Å². The van der Waals surface area contributed by atoms with Crippen LogP contribution in [0, 0.1) is 14.9 Å². The number of halogens is 3. The molecular weight excluding hydrogens is 333 g/mol. The van der Waals surface area contributed by atoms with Crippen molar-refractivity contribution >= 4 is 28.6 Å². The monoisotopic (exact) mass is 338 g/mol. The normalized spacial score (nSPS) is 10.0. The van der Waals surface area contributed by atoms with Crippen molar-refractivity contribution in [1.29, 1.82) is 5.26 Å². The molecule has 0 aliphatic rings. The summed E-state index contributed by atoms with van der Waals surface area (Å²) in [5.41, 5.74) is -1.02. The van der Waals surface area contributed by atoms with Crippen molar-refractivity contribution in [1.82, 2.24) is 4.98 Å². The summed E-state index contributed by atoms with van der Waals surface area (Å²) >= 11 is 1.58. The number of alkyl halides is 2. The number of nitrogens with zero attached hydrogens (tertiary/aromatic N) is 2. The van der Waals surface area contributed by atoms with Crippen LogP contribution in [-0.4, -0.2) is 18.1 Å². The highest BCUT2D eigenvalue weighted by Gasteiger charge is 2.25. The third kappa shape index (κ3) is 2.27. The van der Waals surface area contributed by atoms with Gasteiger partial charge in [-0.3, -0.25) is 0 Å². The summed E-state index contributed by atoms with van der Waals surface area (Å²) in [6, 6.07) is 1.72. The smallest absolute Gasteiger partial charge is 0.357 e. The molecule has 16 heavy (non-hydrogen) atoms. The zero-order valence-electron chi connectivity index (χ0n) is 8.00. The van der Waals surface area contributed by atoms with E-state index in [4.69, 9.17) is 5.26 Å². The zero-order valence-corrected chi connectivity index (χ0v) is 10.2. The predicted octanol–water partition coefficient (Wildman–Crippen LogP) is 2.28. The van der Waals surface area contributed by atoms with Crippen LogP contribution in [0.15, 0.2) is 6.20 Å². The first kappa shape index (κ1) is 12.8. The van der Waals surface area contributed by atoms with E-state index in [2.05, 4.69) is 9.72 Å². The van der Waals surface area contributed by atoms with Crippen LogP contribution in [0.1, 0.15) is 28.0 Å². The predicted molar refractivity (Wildman–Crippen MR) is 58.0 cm³/mol. The lowest BCUT2D eigenvalue weighted by Crippen LogP contribution is -2.11. The van der Waals surface area contributed by atoms with E-state index in [-0.39, 0.29) is 9.13 Å². The quantitative estimate of drug-likeness (QED) is 0.613. The molecule has 0 saturated carbocycles. The van der Waals surface area contributed by atoms with Gasteiger partial charge in [0.2, 0.25) is 0 Å². The summed E-state index contributed by atoms with van der Waals surface area (Å²) in [5, 5.41) is 8.66. The number of aromatic nitrogens is 1. The molecule has 1 rings (SSSR count). The van der Waals surface area contributed by atoms with E-state index >= 15 is 0 Å². The summed E-state index contributed by atoms with van der Waals surface area (Å²) in [4.78, 5) is 14.7. The van der Waals surface area contributed by atoms with Crippen molar-refractivity contribution < 1.29 is 18.3 Å². The number of hydrogen-bond donors (Lipinski definition) is 0. The van der Waals surface area contributed by atoms with Crippen LogP contribution < -0.4 is 0 Å². The lowest BCUT2D eigenvalue weighted by Gasteiger charge is -2.09. The zero-order chi connectivity index (χ0) is 12.3. The fourth-order valence-corrected chi connectivity index (χ4v) is 1.79. The van der Waals surface area contributed by atoms with Gasteiger partial charge in [-0.05, 0) is 22.6 Å². The van der Waals surface area contributed by atoms with Gasteiger partial charge in [0.25, 0.3) is 6.43 Å². The average Bonchev–Trinajstić information content (AvgIpc) is 2.26. The third-order valence-corrected chi connectivity index (χ3v) is 2.93. The lowest BCUT2D eigenvalue weighted by atomic mass is 10.1. The summed E-state index contributed by atoms with van der Waals surface area (Å²) in [6.07, 6.45) is -1.82. The van der Waals surface area contributed by atoms with Crippen molar-refractivity contribution in [2.24, 2.45) is 0 Å². The maximum absolute atomic E-state index is 12.7. The third-order valence-electron chi connectivity index (χ3n) is 1.77. The van der Waals surface area contributed by atoms with E-state index in [9.17, 15) is 13.6 Å². The molecule has 84 valence electrons. The minimum atomic E-state index is -2.89. The van der Waals surface area contributed by atoms with Gasteiger partial charge < -0.3 is 4.74 Å². The second kappa shape index (κ2) is 5.16. The molecule has 1 aromatic heterocycles. The summed E-state index contributed by atoms with van der Waals surface area (Å²) < 4.78 is 29.8. The highest BCUT2D eigenvalue weighted by atomic mass is 127. The minimum Gasteiger partial charge on any atom is -0.464 e. The molecule has 0 N–H and O–H groups in total. The van der Waals surface area contributed by atoms with Crippen molar-refractivity contribution in [2.45, 2.75) is 6.43 Å². The summed E-state index contributed by atoms with van der Waals surface area (Å²) in [6.45, 7) is 0. The molecule has 0 amide bonds. The molecule has 0 aliphatic carbocycles. The Morgan fingerprint density at radius 2 is 2.31 bits per heavy atom. The first-order valence-corrected chi connectivity index (χ1v) is 5.05. The second-order valence-electron chi connectivity index (χ2n) is 2.65. The van der Waals surface area contributed by atoms with Gasteiger partial charge in [-0.25, -0.2) is 18.6 Å². The van der Waals surface area contributed by atoms with Gasteiger partial charge >= 0.3 is 5.97 Å². The fraction of sp³-hybridized carbons (Fsp3) is 0.222. The molecule has 0 unspecified atom stereocenters. The van der Waals surface area contributed by atoms with Gasteiger partial charge in [0.05, 0.1) is 18.2 Å². The van der Waals surface area contributed by atoms with Crippen LogP contribution in [0.3, 0.4) is 0 Å². The number of carbonyl (C=O) groups is 1. The van der Waals surface area contributed by atoms with Crippen molar-refractivity contribution in [2.75, 3.05) is 7.11 Å². The van der Waals surface area contributed by atoms with Gasteiger partial charge in [0.15, 0.2) is 5.69 Å². The topological polar surface area (TPSA) is 63.0 Å². The number of ether oxygens (including phenoxy) is 1. The standard InChI is InChI=1S/C9H5F2IN2O2/c1-16-9(15)7-5(8(10)11)6(12)4(2-13)3-14-7/h3,8H,1H3. The molecule has 7 heteroatoms. The molecule has 0 saturated heterocycles. The van der Waals surface area contributed by atoms with E-state index in [1.807, 2.05) is 0 Å². The maximum atomic E-state index is 12.7. The van der Waals surface area contributed by atoms with E-state index in [1.165, 1.54) is 0 Å². The highest BCUT2D eigenvalue weighted by molar-refractivity contribution is 14.1. The van der Waals surface area contributed by atoms with E-state index in [1.54, 1.807) is 28.7 Å². The fourth-order valence-electron chi connectivity index (χ4n) is 1.04. The number of carbonyl (C=O) groups excluding carboxylic acids is 1. The number of methoxy groups -OCH3 is 1. The van der Waals surface area contributed by atoms with Gasteiger partial charge in [0.1, 0.15) is 6.07 Å². The summed E-state index contributed by atoms with van der Waals surface area (Å²) in [7, 11) is 1.07. The molecule has 0 aliphatic heterocycles. The van der Waals surface area contributed by atoms with Gasteiger partial charge in [-0.1, -0.05) is 0 Å². The van der Waals surface area contributed by atoms with Crippen LogP contribution in [-0.2, 0) is 4.74 Å². The number of nitriles is 1. The first-order chi connectivity index (χ1) is 7.52. The molecule has 1 heterocycles. The van der Waals surface area contributed by atoms with Gasteiger partial charge in [0, 0.05) is 9.77 Å². The highest BCUT2D eigenvalue weighted by Crippen LogP contribution is 2.29. The first-order valence-electron chi connectivity index (χ1n) is 3.97. The van der Waals surface area contributed by atoms with Crippen LogP contribution >= 0.6 is 22.6 Å². The molecule has 0 fully saturated rings. The number of esters is 1. The molecule has 0 spiro atoms. The van der Waals surface area contributed by atoms with E-state index in [0.29, 0.717) is 0 Å².